The zero-order chi connectivity index (χ0) is 16.8. The van der Waals surface area contributed by atoms with E-state index in [1.807, 2.05) is 25.1 Å². The third kappa shape index (κ3) is 5.49. The zero-order valence-electron chi connectivity index (χ0n) is 14.5. The first-order valence-electron chi connectivity index (χ1n) is 9.02. The lowest BCUT2D eigenvalue weighted by Gasteiger charge is -2.22. The van der Waals surface area contributed by atoms with E-state index >= 15 is 0 Å². The fourth-order valence-electron chi connectivity index (χ4n) is 2.87. The van der Waals surface area contributed by atoms with Crippen LogP contribution >= 0.6 is 0 Å². The van der Waals surface area contributed by atoms with Gasteiger partial charge in [0.05, 0.1) is 13.2 Å². The maximum Gasteiger partial charge on any atom is 0.238 e. The van der Waals surface area contributed by atoms with Crippen LogP contribution in [0.25, 0.3) is 0 Å². The standard InChI is InChI=1S/C19H28N2O3/c1-14-2-5-17(21-19(22)12-20-11-15-3-4-15)10-18(14)24-13-16-6-8-23-9-7-16/h2,5,10,15-16,20H,3-4,6-9,11-13H2,1H3,(H,21,22). The molecule has 3 rings (SSSR count). The third-order valence-corrected chi connectivity index (χ3v) is 4.70. The van der Waals surface area contributed by atoms with E-state index in [0.29, 0.717) is 19.1 Å². The minimum Gasteiger partial charge on any atom is -0.493 e. The Morgan fingerprint density at radius 1 is 1.21 bits per heavy atom. The Hall–Kier alpha value is -1.59. The van der Waals surface area contributed by atoms with Crippen LogP contribution in [0.3, 0.4) is 0 Å². The molecule has 0 aromatic heterocycles. The molecular formula is C19H28N2O3. The lowest BCUT2D eigenvalue weighted by molar-refractivity contribution is -0.115. The van der Waals surface area contributed by atoms with Crippen molar-refractivity contribution in [2.24, 2.45) is 11.8 Å². The van der Waals surface area contributed by atoms with Crippen molar-refractivity contribution in [1.29, 1.82) is 0 Å². The minimum absolute atomic E-state index is 0.00474. The van der Waals surface area contributed by atoms with Gasteiger partial charge in [-0.3, -0.25) is 4.79 Å². The van der Waals surface area contributed by atoms with E-state index in [9.17, 15) is 4.79 Å². The van der Waals surface area contributed by atoms with Gasteiger partial charge < -0.3 is 20.1 Å². The first-order chi connectivity index (χ1) is 11.7. The second kappa shape index (κ2) is 8.49. The van der Waals surface area contributed by atoms with Crippen LogP contribution in [0.15, 0.2) is 18.2 Å². The van der Waals surface area contributed by atoms with Crippen LogP contribution in [0.2, 0.25) is 0 Å². The third-order valence-electron chi connectivity index (χ3n) is 4.70. The number of carbonyl (C=O) groups excluding carboxylic acids is 1. The lowest BCUT2D eigenvalue weighted by Crippen LogP contribution is -2.29. The summed E-state index contributed by atoms with van der Waals surface area (Å²) >= 11 is 0. The van der Waals surface area contributed by atoms with Crippen LogP contribution in [-0.4, -0.2) is 38.8 Å². The van der Waals surface area contributed by atoms with E-state index < -0.39 is 0 Å². The van der Waals surface area contributed by atoms with Crippen molar-refractivity contribution in [3.63, 3.8) is 0 Å². The monoisotopic (exact) mass is 332 g/mol. The van der Waals surface area contributed by atoms with Crippen LogP contribution in [0.1, 0.15) is 31.2 Å². The van der Waals surface area contributed by atoms with Crippen LogP contribution in [0, 0.1) is 18.8 Å². The molecule has 5 nitrogen and oxygen atoms in total. The molecule has 1 heterocycles. The summed E-state index contributed by atoms with van der Waals surface area (Å²) < 4.78 is 11.4. The van der Waals surface area contributed by atoms with E-state index in [0.717, 1.165) is 55.5 Å². The number of rotatable bonds is 8. The molecule has 1 aromatic carbocycles. The SMILES string of the molecule is Cc1ccc(NC(=O)CNCC2CC2)cc1OCC1CCOCC1. The molecule has 2 N–H and O–H groups in total. The van der Waals surface area contributed by atoms with Gasteiger partial charge in [0.2, 0.25) is 5.91 Å². The van der Waals surface area contributed by atoms with Crippen molar-refractivity contribution in [2.75, 3.05) is 38.2 Å². The minimum atomic E-state index is -0.00474. The van der Waals surface area contributed by atoms with Crippen LogP contribution in [-0.2, 0) is 9.53 Å². The Morgan fingerprint density at radius 2 is 2.00 bits per heavy atom. The van der Waals surface area contributed by atoms with Gasteiger partial charge in [0.25, 0.3) is 0 Å². The number of carbonyl (C=O) groups is 1. The summed E-state index contributed by atoms with van der Waals surface area (Å²) in [7, 11) is 0. The lowest BCUT2D eigenvalue weighted by atomic mass is 10.0. The summed E-state index contributed by atoms with van der Waals surface area (Å²) in [5.74, 6) is 2.19. The molecule has 2 fully saturated rings. The molecule has 1 amide bonds. The fraction of sp³-hybridized carbons (Fsp3) is 0.632. The van der Waals surface area contributed by atoms with Crippen LogP contribution in [0.4, 0.5) is 5.69 Å². The molecule has 24 heavy (non-hydrogen) atoms. The number of nitrogens with one attached hydrogen (secondary N) is 2. The second-order valence-electron chi connectivity index (χ2n) is 6.97. The highest BCUT2D eigenvalue weighted by Crippen LogP contribution is 2.27. The van der Waals surface area contributed by atoms with Crippen molar-refractivity contribution in [3.8, 4) is 5.75 Å². The van der Waals surface area contributed by atoms with Gasteiger partial charge in [0, 0.05) is 25.0 Å². The van der Waals surface area contributed by atoms with E-state index in [2.05, 4.69) is 10.6 Å². The molecule has 0 bridgehead atoms. The molecule has 1 saturated heterocycles. The summed E-state index contributed by atoms with van der Waals surface area (Å²) in [6, 6.07) is 5.84. The maximum absolute atomic E-state index is 12.0. The molecule has 2 aliphatic rings. The molecule has 1 saturated carbocycles. The maximum atomic E-state index is 12.0. The normalized spacial score (nSPS) is 18.4. The van der Waals surface area contributed by atoms with Gasteiger partial charge in [-0.05, 0) is 62.6 Å². The summed E-state index contributed by atoms with van der Waals surface area (Å²) in [6.07, 6.45) is 4.70. The number of benzene rings is 1. The number of aryl methyl sites for hydroxylation is 1. The van der Waals surface area contributed by atoms with E-state index in [-0.39, 0.29) is 5.91 Å². The van der Waals surface area contributed by atoms with Crippen molar-refractivity contribution in [1.82, 2.24) is 5.32 Å². The Bertz CT molecular complexity index is 552. The predicted molar refractivity (Wildman–Crippen MR) is 94.4 cm³/mol. The molecule has 132 valence electrons. The molecule has 0 atom stereocenters. The number of amides is 1. The molecular weight excluding hydrogens is 304 g/mol. The van der Waals surface area contributed by atoms with Crippen molar-refractivity contribution < 1.29 is 14.3 Å². The predicted octanol–water partition coefficient (Wildman–Crippen LogP) is 2.74. The van der Waals surface area contributed by atoms with Gasteiger partial charge in [-0.2, -0.15) is 0 Å². The number of hydrogen-bond acceptors (Lipinski definition) is 4. The highest BCUT2D eigenvalue weighted by molar-refractivity contribution is 5.92. The van der Waals surface area contributed by atoms with Gasteiger partial charge in [0.1, 0.15) is 5.75 Å². The quantitative estimate of drug-likeness (QED) is 0.768. The Kier molecular flexibility index (Phi) is 6.10. The van der Waals surface area contributed by atoms with Gasteiger partial charge in [-0.25, -0.2) is 0 Å². The van der Waals surface area contributed by atoms with Gasteiger partial charge in [-0.1, -0.05) is 6.07 Å². The summed E-state index contributed by atoms with van der Waals surface area (Å²) in [5.41, 5.74) is 1.88. The second-order valence-corrected chi connectivity index (χ2v) is 6.97. The average molecular weight is 332 g/mol. The Morgan fingerprint density at radius 3 is 2.75 bits per heavy atom. The summed E-state index contributed by atoms with van der Waals surface area (Å²) in [5, 5.41) is 6.15. The van der Waals surface area contributed by atoms with Gasteiger partial charge in [-0.15, -0.1) is 0 Å². The van der Waals surface area contributed by atoms with Gasteiger partial charge in [0.15, 0.2) is 0 Å². The van der Waals surface area contributed by atoms with E-state index in [1.165, 1.54) is 12.8 Å². The smallest absolute Gasteiger partial charge is 0.238 e. The number of anilines is 1. The van der Waals surface area contributed by atoms with Gasteiger partial charge >= 0.3 is 0 Å². The summed E-state index contributed by atoms with van der Waals surface area (Å²) in [6.45, 7) is 5.71. The van der Waals surface area contributed by atoms with Crippen LogP contribution in [0.5, 0.6) is 5.75 Å². The Balaban J connectivity index is 1.47. The van der Waals surface area contributed by atoms with E-state index in [1.54, 1.807) is 0 Å². The summed E-state index contributed by atoms with van der Waals surface area (Å²) in [4.78, 5) is 12.0. The largest absolute Gasteiger partial charge is 0.493 e. The average Bonchev–Trinajstić information content (AvgIpc) is 3.40. The first kappa shape index (κ1) is 17.2. The zero-order valence-corrected chi connectivity index (χ0v) is 14.5. The molecule has 1 aliphatic heterocycles. The van der Waals surface area contributed by atoms with Crippen molar-refractivity contribution in [3.05, 3.63) is 23.8 Å². The highest BCUT2D eigenvalue weighted by atomic mass is 16.5. The molecule has 1 aromatic rings. The topological polar surface area (TPSA) is 59.6 Å². The van der Waals surface area contributed by atoms with Crippen molar-refractivity contribution >= 4 is 11.6 Å². The molecule has 0 radical (unpaired) electrons. The molecule has 0 unspecified atom stereocenters. The Labute approximate surface area is 144 Å². The van der Waals surface area contributed by atoms with Crippen molar-refractivity contribution in [2.45, 2.75) is 32.6 Å². The number of hydrogen-bond donors (Lipinski definition) is 2. The first-order valence-corrected chi connectivity index (χ1v) is 9.02. The highest BCUT2D eigenvalue weighted by Gasteiger charge is 2.20. The van der Waals surface area contributed by atoms with E-state index in [4.69, 9.17) is 9.47 Å². The number of ether oxygens (including phenoxy) is 2. The van der Waals surface area contributed by atoms with Crippen LogP contribution < -0.4 is 15.4 Å². The molecule has 1 aliphatic carbocycles. The molecule has 5 heteroatoms. The fourth-order valence-corrected chi connectivity index (χ4v) is 2.87. The molecule has 0 spiro atoms.